The number of nitrogens with one attached hydrogen (secondary N) is 1. The van der Waals surface area contributed by atoms with Gasteiger partial charge in [-0.05, 0) is 35.9 Å². The molecule has 0 aliphatic heterocycles. The second kappa shape index (κ2) is 8.60. The first-order valence-electron chi connectivity index (χ1n) is 7.27. The van der Waals surface area contributed by atoms with Crippen LogP contribution < -0.4 is 15.8 Å². The maximum atomic E-state index is 11.9. The van der Waals surface area contributed by atoms with Crippen LogP contribution in [0.15, 0.2) is 54.6 Å². The largest absolute Gasteiger partial charge is 0.482 e. The predicted octanol–water partition coefficient (Wildman–Crippen LogP) is 2.44. The normalized spacial score (nSPS) is 10.4. The number of amides is 1. The van der Waals surface area contributed by atoms with Crippen molar-refractivity contribution >= 4 is 40.8 Å². The predicted molar refractivity (Wildman–Crippen MR) is 99.6 cm³/mol. The van der Waals surface area contributed by atoms with Gasteiger partial charge in [-0.2, -0.15) is 0 Å². The average Bonchev–Trinajstić information content (AvgIpc) is 2.59. The number of hydrogen-bond acceptors (Lipinski definition) is 4. The fourth-order valence-electron chi connectivity index (χ4n) is 1.89. The number of ether oxygens (including phenoxy) is 1. The van der Waals surface area contributed by atoms with Crippen LogP contribution in [0.1, 0.15) is 11.1 Å². The van der Waals surface area contributed by atoms with Crippen molar-refractivity contribution in [2.75, 3.05) is 11.9 Å². The van der Waals surface area contributed by atoms with Crippen molar-refractivity contribution < 1.29 is 19.4 Å². The number of nitrogens with two attached hydrogens (primary N) is 1. The van der Waals surface area contributed by atoms with Gasteiger partial charge in [0.25, 0.3) is 0 Å². The van der Waals surface area contributed by atoms with Crippen LogP contribution in [0.4, 0.5) is 5.69 Å². The van der Waals surface area contributed by atoms with Crippen molar-refractivity contribution in [3.63, 3.8) is 0 Å². The first kappa shape index (κ1) is 18.2. The summed E-state index contributed by atoms with van der Waals surface area (Å²) in [5, 5.41) is 11.2. The summed E-state index contributed by atoms with van der Waals surface area (Å²) in [5.74, 6) is -0.935. The SMILES string of the molecule is NC(=S)c1ccc(C=CC(=O)Nc2ccc(OCC(=O)O)cc2)cc1. The van der Waals surface area contributed by atoms with Crippen LogP contribution in [0.2, 0.25) is 0 Å². The van der Waals surface area contributed by atoms with Crippen molar-refractivity contribution in [2.45, 2.75) is 0 Å². The van der Waals surface area contributed by atoms with Crippen molar-refractivity contribution in [1.82, 2.24) is 0 Å². The lowest BCUT2D eigenvalue weighted by Crippen LogP contribution is -2.10. The number of carbonyl (C=O) groups excluding carboxylic acids is 1. The summed E-state index contributed by atoms with van der Waals surface area (Å²) in [6, 6.07) is 13.6. The zero-order chi connectivity index (χ0) is 18.2. The first-order valence-corrected chi connectivity index (χ1v) is 7.68. The van der Waals surface area contributed by atoms with Gasteiger partial charge in [0, 0.05) is 17.3 Å². The van der Waals surface area contributed by atoms with E-state index in [1.165, 1.54) is 6.08 Å². The zero-order valence-corrected chi connectivity index (χ0v) is 14.0. The van der Waals surface area contributed by atoms with E-state index in [9.17, 15) is 9.59 Å². The van der Waals surface area contributed by atoms with Gasteiger partial charge in [0.15, 0.2) is 6.61 Å². The van der Waals surface area contributed by atoms with E-state index < -0.39 is 12.6 Å². The highest BCUT2D eigenvalue weighted by atomic mass is 32.1. The number of rotatable bonds is 7. The Morgan fingerprint density at radius 3 is 2.32 bits per heavy atom. The Morgan fingerprint density at radius 2 is 1.76 bits per heavy atom. The van der Waals surface area contributed by atoms with Gasteiger partial charge in [-0.1, -0.05) is 36.5 Å². The molecule has 6 nitrogen and oxygen atoms in total. The van der Waals surface area contributed by atoms with Gasteiger partial charge in [0.1, 0.15) is 10.7 Å². The summed E-state index contributed by atoms with van der Waals surface area (Å²) < 4.78 is 5.01. The third kappa shape index (κ3) is 6.08. The smallest absolute Gasteiger partial charge is 0.341 e. The maximum Gasteiger partial charge on any atom is 0.341 e. The average molecular weight is 356 g/mol. The summed E-state index contributed by atoms with van der Waals surface area (Å²) in [4.78, 5) is 22.7. The molecule has 0 aromatic heterocycles. The third-order valence-electron chi connectivity index (χ3n) is 3.11. The van der Waals surface area contributed by atoms with Gasteiger partial charge in [-0.25, -0.2) is 4.79 Å². The molecule has 0 aliphatic rings. The summed E-state index contributed by atoms with van der Waals surface area (Å²) in [7, 11) is 0. The van der Waals surface area contributed by atoms with Gasteiger partial charge in [-0.15, -0.1) is 0 Å². The van der Waals surface area contributed by atoms with Gasteiger partial charge in [-0.3, -0.25) is 4.79 Å². The molecule has 0 saturated carbocycles. The number of carboxylic acid groups (broad SMARTS) is 1. The van der Waals surface area contributed by atoms with Crippen LogP contribution in [0.25, 0.3) is 6.08 Å². The van der Waals surface area contributed by atoms with E-state index in [-0.39, 0.29) is 5.91 Å². The molecule has 0 fully saturated rings. The van der Waals surface area contributed by atoms with E-state index in [1.54, 1.807) is 42.5 Å². The highest BCUT2D eigenvalue weighted by Gasteiger charge is 2.01. The summed E-state index contributed by atoms with van der Waals surface area (Å²) in [6.45, 7) is -0.415. The van der Waals surface area contributed by atoms with E-state index in [1.807, 2.05) is 12.1 Å². The van der Waals surface area contributed by atoms with Crippen molar-refractivity contribution in [3.8, 4) is 5.75 Å². The molecule has 0 saturated heterocycles. The van der Waals surface area contributed by atoms with Crippen LogP contribution in [-0.4, -0.2) is 28.6 Å². The molecule has 7 heteroatoms. The number of anilines is 1. The third-order valence-corrected chi connectivity index (χ3v) is 3.34. The van der Waals surface area contributed by atoms with Gasteiger partial charge < -0.3 is 20.9 Å². The van der Waals surface area contributed by atoms with Crippen LogP contribution >= 0.6 is 12.2 Å². The molecule has 0 unspecified atom stereocenters. The zero-order valence-electron chi connectivity index (χ0n) is 13.1. The van der Waals surface area contributed by atoms with E-state index in [2.05, 4.69) is 5.32 Å². The standard InChI is InChI=1S/C18H16N2O4S/c19-18(25)13-4-1-12(2-5-13)3-10-16(21)20-14-6-8-15(9-7-14)24-11-17(22)23/h1-10H,11H2,(H2,19,25)(H,20,21)(H,22,23). The summed E-state index contributed by atoms with van der Waals surface area (Å²) >= 11 is 4.88. The highest BCUT2D eigenvalue weighted by molar-refractivity contribution is 7.80. The van der Waals surface area contributed by atoms with E-state index >= 15 is 0 Å². The number of hydrogen-bond donors (Lipinski definition) is 3. The lowest BCUT2D eigenvalue weighted by atomic mass is 10.1. The van der Waals surface area contributed by atoms with Crippen molar-refractivity contribution in [2.24, 2.45) is 5.73 Å². The topological polar surface area (TPSA) is 102 Å². The molecule has 2 rings (SSSR count). The van der Waals surface area contributed by atoms with Gasteiger partial charge >= 0.3 is 5.97 Å². The molecule has 0 atom stereocenters. The molecule has 2 aromatic carbocycles. The summed E-state index contributed by atoms with van der Waals surface area (Å²) in [6.07, 6.45) is 3.08. The Kier molecular flexibility index (Phi) is 6.25. The lowest BCUT2D eigenvalue weighted by Gasteiger charge is -2.05. The molecule has 0 bridgehead atoms. The molecular formula is C18H16N2O4S. The van der Waals surface area contributed by atoms with Gasteiger partial charge in [0.2, 0.25) is 5.91 Å². The van der Waals surface area contributed by atoms with Crippen LogP contribution in [0.3, 0.4) is 0 Å². The molecule has 4 N–H and O–H groups in total. The Morgan fingerprint density at radius 1 is 1.12 bits per heavy atom. The minimum atomic E-state index is -1.05. The molecule has 0 spiro atoms. The number of carbonyl (C=O) groups is 2. The Hall–Kier alpha value is -3.19. The molecule has 0 heterocycles. The van der Waals surface area contributed by atoms with E-state index in [4.69, 9.17) is 27.8 Å². The highest BCUT2D eigenvalue weighted by Crippen LogP contribution is 2.15. The number of aliphatic carboxylic acids is 1. The van der Waals surface area contributed by atoms with Crippen LogP contribution in [0, 0.1) is 0 Å². The Balaban J connectivity index is 1.90. The first-order chi connectivity index (χ1) is 11.9. The second-order valence-corrected chi connectivity index (χ2v) is 5.46. The van der Waals surface area contributed by atoms with Crippen LogP contribution in [0.5, 0.6) is 5.75 Å². The number of carboxylic acids is 1. The van der Waals surface area contributed by atoms with E-state index in [0.717, 1.165) is 11.1 Å². The molecule has 128 valence electrons. The molecule has 0 aliphatic carbocycles. The van der Waals surface area contributed by atoms with Crippen molar-refractivity contribution in [1.29, 1.82) is 0 Å². The molecule has 0 radical (unpaired) electrons. The summed E-state index contributed by atoms with van der Waals surface area (Å²) in [5.41, 5.74) is 7.70. The molecular weight excluding hydrogens is 340 g/mol. The number of benzene rings is 2. The molecule has 2 aromatic rings. The number of thiocarbonyl (C=S) groups is 1. The Labute approximate surface area is 149 Å². The molecule has 25 heavy (non-hydrogen) atoms. The Bertz CT molecular complexity index is 799. The second-order valence-electron chi connectivity index (χ2n) is 5.02. The quantitative estimate of drug-likeness (QED) is 0.520. The van der Waals surface area contributed by atoms with Crippen LogP contribution in [-0.2, 0) is 9.59 Å². The minimum Gasteiger partial charge on any atom is -0.482 e. The molecule has 1 amide bonds. The maximum absolute atomic E-state index is 11.9. The minimum absolute atomic E-state index is 0.294. The fourth-order valence-corrected chi connectivity index (χ4v) is 2.03. The fraction of sp³-hybridized carbons (Fsp3) is 0.0556. The monoisotopic (exact) mass is 356 g/mol. The van der Waals surface area contributed by atoms with E-state index in [0.29, 0.717) is 16.4 Å². The van der Waals surface area contributed by atoms with Gasteiger partial charge in [0.05, 0.1) is 0 Å². The lowest BCUT2D eigenvalue weighted by molar-refractivity contribution is -0.139. The van der Waals surface area contributed by atoms with Crippen molar-refractivity contribution in [3.05, 3.63) is 65.7 Å².